The van der Waals surface area contributed by atoms with E-state index in [1.54, 1.807) is 12.1 Å². The number of rotatable bonds is 2. The van der Waals surface area contributed by atoms with Gasteiger partial charge in [0, 0.05) is 13.1 Å². The number of anilines is 1. The highest BCUT2D eigenvalue weighted by Gasteiger charge is 2.26. The Hall–Kier alpha value is -2.07. The van der Waals surface area contributed by atoms with Crippen LogP contribution in [0.15, 0.2) is 42.5 Å². The van der Waals surface area contributed by atoms with Crippen LogP contribution >= 0.6 is 11.6 Å². The molecule has 3 rings (SSSR count). The molecule has 5 heteroatoms. The summed E-state index contributed by atoms with van der Waals surface area (Å²) in [6.45, 7) is 3.39. The first kappa shape index (κ1) is 13.9. The lowest BCUT2D eigenvalue weighted by molar-refractivity contribution is 0.0958. The highest BCUT2D eigenvalue weighted by atomic mass is 35.5. The van der Waals surface area contributed by atoms with Gasteiger partial charge < -0.3 is 10.2 Å². The van der Waals surface area contributed by atoms with Gasteiger partial charge in [-0.05, 0) is 24.6 Å². The summed E-state index contributed by atoms with van der Waals surface area (Å²) in [6.07, 6.45) is 0. The van der Waals surface area contributed by atoms with E-state index in [0.29, 0.717) is 29.6 Å². The lowest BCUT2D eigenvalue weighted by Gasteiger charge is -2.30. The number of amides is 1. The summed E-state index contributed by atoms with van der Waals surface area (Å²) in [5.41, 5.74) is 1.75. The largest absolute Gasteiger partial charge is 0.350 e. The molecule has 0 radical (unpaired) electrons. The molecule has 1 atom stereocenters. The number of benzene rings is 1. The summed E-state index contributed by atoms with van der Waals surface area (Å²) in [5, 5.41) is 3.29. The molecule has 1 aromatic heterocycles. The molecule has 0 saturated heterocycles. The second-order valence-electron chi connectivity index (χ2n) is 5.04. The van der Waals surface area contributed by atoms with Gasteiger partial charge in [0.2, 0.25) is 0 Å². The second-order valence-corrected chi connectivity index (χ2v) is 5.43. The first-order chi connectivity index (χ1) is 10.2. The Bertz CT molecular complexity index is 660. The van der Waals surface area contributed by atoms with Crippen LogP contribution in [0.25, 0.3) is 0 Å². The van der Waals surface area contributed by atoms with Gasteiger partial charge >= 0.3 is 0 Å². The Morgan fingerprint density at radius 2 is 2.00 bits per heavy atom. The van der Waals surface area contributed by atoms with Gasteiger partial charge in [0.15, 0.2) is 0 Å². The molecular formula is C16H16ClN3O. The minimum Gasteiger partial charge on any atom is -0.350 e. The van der Waals surface area contributed by atoms with Crippen LogP contribution in [0.1, 0.15) is 28.9 Å². The highest BCUT2D eigenvalue weighted by molar-refractivity contribution is 6.29. The summed E-state index contributed by atoms with van der Waals surface area (Å²) < 4.78 is 0. The first-order valence-corrected chi connectivity index (χ1v) is 7.31. The molecule has 0 spiro atoms. The van der Waals surface area contributed by atoms with Gasteiger partial charge in [-0.25, -0.2) is 4.98 Å². The summed E-state index contributed by atoms with van der Waals surface area (Å²) in [4.78, 5) is 18.6. The van der Waals surface area contributed by atoms with Crippen molar-refractivity contribution in [2.75, 3.05) is 18.0 Å². The maximum atomic E-state index is 12.1. The van der Waals surface area contributed by atoms with Crippen LogP contribution in [-0.2, 0) is 0 Å². The van der Waals surface area contributed by atoms with Crippen LogP contribution in [0.3, 0.4) is 0 Å². The molecule has 1 amide bonds. The Labute approximate surface area is 128 Å². The van der Waals surface area contributed by atoms with E-state index in [2.05, 4.69) is 34.3 Å². The van der Waals surface area contributed by atoms with Crippen LogP contribution in [-0.4, -0.2) is 24.0 Å². The van der Waals surface area contributed by atoms with E-state index < -0.39 is 0 Å². The van der Waals surface area contributed by atoms with Crippen molar-refractivity contribution in [1.82, 2.24) is 10.3 Å². The van der Waals surface area contributed by atoms with Crippen molar-refractivity contribution in [2.24, 2.45) is 0 Å². The molecule has 4 nitrogen and oxygen atoms in total. The third-order valence-electron chi connectivity index (χ3n) is 3.75. The Morgan fingerprint density at radius 1 is 1.24 bits per heavy atom. The van der Waals surface area contributed by atoms with E-state index in [1.165, 1.54) is 5.56 Å². The van der Waals surface area contributed by atoms with E-state index in [1.807, 2.05) is 18.2 Å². The van der Waals surface area contributed by atoms with Crippen molar-refractivity contribution in [3.8, 4) is 0 Å². The van der Waals surface area contributed by atoms with Crippen molar-refractivity contribution < 1.29 is 4.79 Å². The van der Waals surface area contributed by atoms with Crippen molar-refractivity contribution in [2.45, 2.75) is 13.0 Å². The number of pyridine rings is 1. The summed E-state index contributed by atoms with van der Waals surface area (Å²) in [6, 6.07) is 13.7. The molecule has 2 aromatic rings. The third kappa shape index (κ3) is 2.72. The molecule has 21 heavy (non-hydrogen) atoms. The maximum Gasteiger partial charge on any atom is 0.255 e. The average Bonchev–Trinajstić information content (AvgIpc) is 2.66. The molecule has 1 aliphatic heterocycles. The van der Waals surface area contributed by atoms with Crippen molar-refractivity contribution in [1.29, 1.82) is 0 Å². The molecule has 2 heterocycles. The number of hydrogen-bond donors (Lipinski definition) is 1. The standard InChI is InChI=1S/C16H16ClN3O/c1-11(12-5-3-2-4-6-12)20-10-9-18-16(21)13-7-8-14(17)19-15(13)20/h2-8,11H,9-10H2,1H3,(H,18,21)/t11-/m0/s1. The minimum absolute atomic E-state index is 0.100. The molecule has 0 bridgehead atoms. The van der Waals surface area contributed by atoms with Gasteiger partial charge in [-0.1, -0.05) is 41.9 Å². The molecule has 1 aromatic carbocycles. The first-order valence-electron chi connectivity index (χ1n) is 6.93. The van der Waals surface area contributed by atoms with Gasteiger partial charge in [-0.3, -0.25) is 4.79 Å². The van der Waals surface area contributed by atoms with Crippen LogP contribution in [0.2, 0.25) is 5.15 Å². The van der Waals surface area contributed by atoms with E-state index in [4.69, 9.17) is 11.6 Å². The molecule has 0 fully saturated rings. The van der Waals surface area contributed by atoms with Crippen LogP contribution < -0.4 is 10.2 Å². The summed E-state index contributed by atoms with van der Waals surface area (Å²) in [5.74, 6) is 0.547. The number of hydrogen-bond acceptors (Lipinski definition) is 3. The fraction of sp³-hybridized carbons (Fsp3) is 0.250. The number of nitrogens with zero attached hydrogens (tertiary/aromatic N) is 2. The number of aromatic nitrogens is 1. The van der Waals surface area contributed by atoms with Gasteiger partial charge in [0.05, 0.1) is 11.6 Å². The molecule has 0 saturated carbocycles. The van der Waals surface area contributed by atoms with Gasteiger partial charge in [0.1, 0.15) is 11.0 Å². The Balaban J connectivity index is 2.05. The zero-order valence-electron chi connectivity index (χ0n) is 11.7. The smallest absolute Gasteiger partial charge is 0.255 e. The molecule has 1 aliphatic rings. The summed E-state index contributed by atoms with van der Waals surface area (Å²) in [7, 11) is 0. The van der Waals surface area contributed by atoms with E-state index in [-0.39, 0.29) is 11.9 Å². The molecule has 0 aliphatic carbocycles. The minimum atomic E-state index is -0.100. The number of nitrogens with one attached hydrogen (secondary N) is 1. The predicted molar refractivity (Wildman–Crippen MR) is 83.8 cm³/mol. The van der Waals surface area contributed by atoms with E-state index >= 15 is 0 Å². The highest BCUT2D eigenvalue weighted by Crippen LogP contribution is 2.30. The fourth-order valence-electron chi connectivity index (χ4n) is 2.60. The van der Waals surface area contributed by atoms with Gasteiger partial charge in [0.25, 0.3) is 5.91 Å². The second kappa shape index (κ2) is 5.74. The predicted octanol–water partition coefficient (Wildman–Crippen LogP) is 3.05. The summed E-state index contributed by atoms with van der Waals surface area (Å²) >= 11 is 6.02. The zero-order valence-corrected chi connectivity index (χ0v) is 12.5. The number of carbonyl (C=O) groups excluding carboxylic acids is 1. The van der Waals surface area contributed by atoms with Crippen molar-refractivity contribution >= 4 is 23.3 Å². The van der Waals surface area contributed by atoms with Crippen molar-refractivity contribution in [3.05, 3.63) is 58.7 Å². The number of fused-ring (bicyclic) bond motifs is 1. The zero-order chi connectivity index (χ0) is 14.8. The molecule has 0 unspecified atom stereocenters. The van der Waals surface area contributed by atoms with Gasteiger partial charge in [-0.15, -0.1) is 0 Å². The third-order valence-corrected chi connectivity index (χ3v) is 3.96. The Morgan fingerprint density at radius 3 is 2.76 bits per heavy atom. The monoisotopic (exact) mass is 301 g/mol. The lowest BCUT2D eigenvalue weighted by Crippen LogP contribution is -2.32. The SMILES string of the molecule is C[C@@H](c1ccccc1)N1CCNC(=O)c2ccc(Cl)nc21. The van der Waals surface area contributed by atoms with Crippen molar-refractivity contribution in [3.63, 3.8) is 0 Å². The van der Waals surface area contributed by atoms with Crippen LogP contribution in [0.5, 0.6) is 0 Å². The Kier molecular flexibility index (Phi) is 3.80. The van der Waals surface area contributed by atoms with E-state index in [0.717, 1.165) is 0 Å². The number of halogens is 1. The normalized spacial score (nSPS) is 15.9. The lowest BCUT2D eigenvalue weighted by atomic mass is 10.1. The molecule has 108 valence electrons. The van der Waals surface area contributed by atoms with Gasteiger partial charge in [-0.2, -0.15) is 0 Å². The van der Waals surface area contributed by atoms with Crippen LogP contribution in [0.4, 0.5) is 5.82 Å². The topological polar surface area (TPSA) is 45.2 Å². The number of carbonyl (C=O) groups is 1. The quantitative estimate of drug-likeness (QED) is 0.867. The maximum absolute atomic E-state index is 12.1. The fourth-order valence-corrected chi connectivity index (χ4v) is 2.74. The molecule has 1 N–H and O–H groups in total. The van der Waals surface area contributed by atoms with E-state index in [9.17, 15) is 4.79 Å². The average molecular weight is 302 g/mol. The molecular weight excluding hydrogens is 286 g/mol. The van der Waals surface area contributed by atoms with Crippen LogP contribution in [0, 0.1) is 0 Å².